The lowest BCUT2D eigenvalue weighted by Crippen LogP contribution is -2.15. The quantitative estimate of drug-likeness (QED) is 0.915. The first-order chi connectivity index (χ1) is 9.10. The molecule has 6 nitrogen and oxygen atoms in total. The summed E-state index contributed by atoms with van der Waals surface area (Å²) >= 11 is 4.84. The van der Waals surface area contributed by atoms with Crippen LogP contribution in [-0.2, 0) is 0 Å². The standard InChI is InChI=1S/C11H13BrN6S/c1-13-9-15-10(18(2)3)17-11(16-9)19-8-7(12)5-4-6-14-8/h4-6H,1-3H3,(H,13,15,16,17). The Labute approximate surface area is 124 Å². The number of hydrogen-bond donors (Lipinski definition) is 1. The zero-order valence-electron chi connectivity index (χ0n) is 10.8. The maximum absolute atomic E-state index is 4.38. The van der Waals surface area contributed by atoms with Gasteiger partial charge in [-0.1, -0.05) is 0 Å². The molecule has 0 saturated heterocycles. The minimum atomic E-state index is 0.535. The number of anilines is 2. The Morgan fingerprint density at radius 1 is 1.26 bits per heavy atom. The van der Waals surface area contributed by atoms with Gasteiger partial charge in [0.25, 0.3) is 0 Å². The van der Waals surface area contributed by atoms with Gasteiger partial charge in [0, 0.05) is 27.3 Å². The van der Waals surface area contributed by atoms with E-state index in [1.165, 1.54) is 11.8 Å². The first-order valence-corrected chi connectivity index (χ1v) is 7.10. The molecule has 0 spiro atoms. The first kappa shape index (κ1) is 14.0. The molecule has 0 saturated carbocycles. The minimum absolute atomic E-state index is 0.535. The zero-order valence-corrected chi connectivity index (χ0v) is 13.2. The van der Waals surface area contributed by atoms with E-state index in [9.17, 15) is 0 Å². The van der Waals surface area contributed by atoms with Crippen molar-refractivity contribution in [3.05, 3.63) is 22.8 Å². The van der Waals surface area contributed by atoms with E-state index in [1.807, 2.05) is 31.1 Å². The molecule has 0 aliphatic carbocycles. The second kappa shape index (κ2) is 6.16. The number of nitrogens with zero attached hydrogens (tertiary/aromatic N) is 5. The van der Waals surface area contributed by atoms with Gasteiger partial charge in [0.2, 0.25) is 17.1 Å². The Morgan fingerprint density at radius 3 is 2.68 bits per heavy atom. The molecule has 2 aromatic heterocycles. The number of rotatable bonds is 4. The molecule has 0 aromatic carbocycles. The Kier molecular flexibility index (Phi) is 4.54. The van der Waals surface area contributed by atoms with Crippen molar-refractivity contribution in [1.82, 2.24) is 19.9 Å². The summed E-state index contributed by atoms with van der Waals surface area (Å²) in [6.45, 7) is 0. The van der Waals surface area contributed by atoms with Crippen LogP contribution < -0.4 is 10.2 Å². The number of nitrogens with one attached hydrogen (secondary N) is 1. The highest BCUT2D eigenvalue weighted by molar-refractivity contribution is 9.10. The maximum atomic E-state index is 4.38. The molecule has 0 unspecified atom stereocenters. The fourth-order valence-corrected chi connectivity index (χ4v) is 2.45. The van der Waals surface area contributed by atoms with Crippen molar-refractivity contribution in [3.63, 3.8) is 0 Å². The second-order valence-corrected chi connectivity index (χ2v) is 5.59. The predicted octanol–water partition coefficient (Wildman–Crippen LogP) is 2.29. The normalized spacial score (nSPS) is 10.3. The summed E-state index contributed by atoms with van der Waals surface area (Å²) in [6.07, 6.45) is 1.74. The molecule has 2 heterocycles. The van der Waals surface area contributed by atoms with Crippen LogP contribution in [0.3, 0.4) is 0 Å². The highest BCUT2D eigenvalue weighted by Gasteiger charge is 2.11. The lowest BCUT2D eigenvalue weighted by atomic mass is 10.5. The summed E-state index contributed by atoms with van der Waals surface area (Å²) in [5, 5.41) is 4.35. The topological polar surface area (TPSA) is 66.8 Å². The molecule has 0 amide bonds. The molecule has 0 atom stereocenters. The van der Waals surface area contributed by atoms with Crippen LogP contribution in [-0.4, -0.2) is 41.1 Å². The highest BCUT2D eigenvalue weighted by atomic mass is 79.9. The number of halogens is 1. The minimum Gasteiger partial charge on any atom is -0.357 e. The number of aromatic nitrogens is 4. The molecule has 2 rings (SSSR count). The third kappa shape index (κ3) is 3.54. The fourth-order valence-electron chi connectivity index (χ4n) is 1.24. The summed E-state index contributed by atoms with van der Waals surface area (Å²) < 4.78 is 0.915. The molecule has 0 bridgehead atoms. The van der Waals surface area contributed by atoms with Crippen LogP contribution in [0.1, 0.15) is 0 Å². The monoisotopic (exact) mass is 340 g/mol. The Bertz CT molecular complexity index is 577. The molecule has 100 valence electrons. The third-order valence-corrected chi connectivity index (χ3v) is 3.93. The lowest BCUT2D eigenvalue weighted by Gasteiger charge is -2.12. The van der Waals surface area contributed by atoms with Gasteiger partial charge in [-0.05, 0) is 39.8 Å². The van der Waals surface area contributed by atoms with Crippen LogP contribution in [0.25, 0.3) is 0 Å². The van der Waals surface area contributed by atoms with Gasteiger partial charge in [0.15, 0.2) is 0 Å². The van der Waals surface area contributed by atoms with E-state index >= 15 is 0 Å². The summed E-state index contributed by atoms with van der Waals surface area (Å²) in [6, 6.07) is 3.80. The fraction of sp³-hybridized carbons (Fsp3) is 0.273. The SMILES string of the molecule is CNc1nc(Sc2ncccc2Br)nc(N(C)C)n1. The van der Waals surface area contributed by atoms with Gasteiger partial charge in [0.05, 0.1) is 4.47 Å². The van der Waals surface area contributed by atoms with E-state index < -0.39 is 0 Å². The van der Waals surface area contributed by atoms with Crippen molar-refractivity contribution >= 4 is 39.6 Å². The van der Waals surface area contributed by atoms with Crippen molar-refractivity contribution in [2.75, 3.05) is 31.4 Å². The summed E-state index contributed by atoms with van der Waals surface area (Å²) in [7, 11) is 5.56. The number of hydrogen-bond acceptors (Lipinski definition) is 7. The maximum Gasteiger partial charge on any atom is 0.230 e. The van der Waals surface area contributed by atoms with Crippen molar-refractivity contribution in [2.24, 2.45) is 0 Å². The van der Waals surface area contributed by atoms with Crippen molar-refractivity contribution < 1.29 is 0 Å². The van der Waals surface area contributed by atoms with Gasteiger partial charge < -0.3 is 10.2 Å². The Balaban J connectivity index is 2.34. The van der Waals surface area contributed by atoms with E-state index in [1.54, 1.807) is 13.2 Å². The van der Waals surface area contributed by atoms with Crippen LogP contribution in [0, 0.1) is 0 Å². The second-order valence-electron chi connectivity index (χ2n) is 3.78. The molecular weight excluding hydrogens is 328 g/mol. The van der Waals surface area contributed by atoms with Crippen LogP contribution in [0.15, 0.2) is 33.0 Å². The predicted molar refractivity (Wildman–Crippen MR) is 79.8 cm³/mol. The van der Waals surface area contributed by atoms with Gasteiger partial charge in [0.1, 0.15) is 5.03 Å². The summed E-state index contributed by atoms with van der Waals surface area (Å²) in [5.74, 6) is 1.14. The van der Waals surface area contributed by atoms with E-state index in [4.69, 9.17) is 0 Å². The largest absolute Gasteiger partial charge is 0.357 e. The van der Waals surface area contributed by atoms with Crippen molar-refractivity contribution in [1.29, 1.82) is 0 Å². The highest BCUT2D eigenvalue weighted by Crippen LogP contribution is 2.30. The van der Waals surface area contributed by atoms with E-state index in [2.05, 4.69) is 41.2 Å². The van der Waals surface area contributed by atoms with Crippen molar-refractivity contribution in [2.45, 2.75) is 10.2 Å². The lowest BCUT2D eigenvalue weighted by molar-refractivity contribution is 0.868. The summed E-state index contributed by atoms with van der Waals surface area (Å²) in [4.78, 5) is 19.1. The average molecular weight is 341 g/mol. The number of pyridine rings is 1. The van der Waals surface area contributed by atoms with Crippen LogP contribution >= 0.6 is 27.7 Å². The van der Waals surface area contributed by atoms with Gasteiger partial charge in [-0.25, -0.2) is 4.98 Å². The van der Waals surface area contributed by atoms with Gasteiger partial charge in [-0.2, -0.15) is 15.0 Å². The average Bonchev–Trinajstić information content (AvgIpc) is 2.41. The Hall–Kier alpha value is -1.41. The smallest absolute Gasteiger partial charge is 0.230 e. The van der Waals surface area contributed by atoms with E-state index in [-0.39, 0.29) is 0 Å². The van der Waals surface area contributed by atoms with Crippen molar-refractivity contribution in [3.8, 4) is 0 Å². The first-order valence-electron chi connectivity index (χ1n) is 5.49. The molecule has 2 aromatic rings. The van der Waals surface area contributed by atoms with Gasteiger partial charge >= 0.3 is 0 Å². The summed E-state index contributed by atoms with van der Waals surface area (Å²) in [5.41, 5.74) is 0. The molecule has 19 heavy (non-hydrogen) atoms. The molecule has 0 aliphatic heterocycles. The van der Waals surface area contributed by atoms with Crippen LogP contribution in [0.5, 0.6) is 0 Å². The van der Waals surface area contributed by atoms with Gasteiger partial charge in [-0.3, -0.25) is 0 Å². The van der Waals surface area contributed by atoms with E-state index in [0.717, 1.165) is 9.50 Å². The molecule has 0 fully saturated rings. The molecular formula is C11H13BrN6S. The molecule has 0 radical (unpaired) electrons. The third-order valence-electron chi connectivity index (χ3n) is 2.14. The van der Waals surface area contributed by atoms with Gasteiger partial charge in [-0.15, -0.1) is 0 Å². The zero-order chi connectivity index (χ0) is 13.8. The van der Waals surface area contributed by atoms with Crippen LogP contribution in [0.4, 0.5) is 11.9 Å². The van der Waals surface area contributed by atoms with E-state index in [0.29, 0.717) is 17.1 Å². The molecule has 1 N–H and O–H groups in total. The van der Waals surface area contributed by atoms with Crippen LogP contribution in [0.2, 0.25) is 0 Å². The Morgan fingerprint density at radius 2 is 2.05 bits per heavy atom. The molecule has 0 aliphatic rings. The molecule has 8 heteroatoms.